The topological polar surface area (TPSA) is 46.1 Å². The molecule has 0 N–H and O–H groups in total. The number of fused-ring (bicyclic) bond motifs is 2. The summed E-state index contributed by atoms with van der Waals surface area (Å²) in [5, 5.41) is 0.387. The molecule has 0 atom stereocenters. The minimum Gasteiger partial charge on any atom is -0.329 e. The first-order valence-electron chi connectivity index (χ1n) is 9.69. The number of nitrogens with zero attached hydrogens (tertiary/aromatic N) is 3. The summed E-state index contributed by atoms with van der Waals surface area (Å²) in [6.07, 6.45) is -1.16. The second kappa shape index (κ2) is 7.19. The summed E-state index contributed by atoms with van der Waals surface area (Å²) in [5.74, 6) is -0.231. The standard InChI is InChI=1S/C24H16F3N3O/c25-24(26,27)17-6-7-20-18(12-17)21(16-4-2-1-3-5-16)19-14-30(23(31)22(19)29-20)13-15-8-10-28-11-9-15/h1-12H,13-14H2. The van der Waals surface area contributed by atoms with Crippen molar-refractivity contribution in [3.05, 3.63) is 95.4 Å². The summed E-state index contributed by atoms with van der Waals surface area (Å²) in [6, 6.07) is 16.3. The van der Waals surface area contributed by atoms with Gasteiger partial charge in [0.05, 0.1) is 11.1 Å². The third kappa shape index (κ3) is 3.42. The van der Waals surface area contributed by atoms with Gasteiger partial charge in [0.2, 0.25) is 0 Å². The largest absolute Gasteiger partial charge is 0.416 e. The van der Waals surface area contributed by atoms with E-state index < -0.39 is 11.7 Å². The van der Waals surface area contributed by atoms with Crippen molar-refractivity contribution in [3.8, 4) is 11.1 Å². The second-order valence-electron chi connectivity index (χ2n) is 7.43. The first-order chi connectivity index (χ1) is 14.9. The zero-order chi connectivity index (χ0) is 21.6. The zero-order valence-corrected chi connectivity index (χ0v) is 16.2. The minimum absolute atomic E-state index is 0.231. The van der Waals surface area contributed by atoms with Gasteiger partial charge in [0.15, 0.2) is 0 Å². The van der Waals surface area contributed by atoms with E-state index in [1.54, 1.807) is 17.3 Å². The summed E-state index contributed by atoms with van der Waals surface area (Å²) in [7, 11) is 0. The van der Waals surface area contributed by atoms with E-state index in [2.05, 4.69) is 9.97 Å². The molecular formula is C24H16F3N3O. The van der Waals surface area contributed by atoms with Crippen molar-refractivity contribution in [2.45, 2.75) is 19.3 Å². The number of carbonyl (C=O) groups is 1. The number of hydrogen-bond acceptors (Lipinski definition) is 3. The molecule has 0 saturated carbocycles. The van der Waals surface area contributed by atoms with Crippen LogP contribution in [0.15, 0.2) is 73.1 Å². The number of amides is 1. The molecule has 1 aliphatic rings. The van der Waals surface area contributed by atoms with Gasteiger partial charge in [-0.15, -0.1) is 0 Å². The molecular weight excluding hydrogens is 403 g/mol. The molecule has 7 heteroatoms. The van der Waals surface area contributed by atoms with E-state index in [1.807, 2.05) is 42.5 Å². The van der Waals surface area contributed by atoms with Gasteiger partial charge in [-0.1, -0.05) is 30.3 Å². The highest BCUT2D eigenvalue weighted by Gasteiger charge is 2.35. The maximum Gasteiger partial charge on any atom is 0.416 e. The summed E-state index contributed by atoms with van der Waals surface area (Å²) in [6.45, 7) is 0.649. The molecule has 5 rings (SSSR count). The van der Waals surface area contributed by atoms with Gasteiger partial charge in [-0.05, 0) is 47.0 Å². The lowest BCUT2D eigenvalue weighted by Crippen LogP contribution is -2.23. The maximum absolute atomic E-state index is 13.4. The van der Waals surface area contributed by atoms with Crippen LogP contribution in [0.1, 0.15) is 27.2 Å². The molecule has 3 heterocycles. The monoisotopic (exact) mass is 419 g/mol. The predicted molar refractivity (Wildman–Crippen MR) is 110 cm³/mol. The van der Waals surface area contributed by atoms with E-state index in [9.17, 15) is 18.0 Å². The van der Waals surface area contributed by atoms with Crippen molar-refractivity contribution >= 4 is 16.8 Å². The number of rotatable bonds is 3. The van der Waals surface area contributed by atoms with Gasteiger partial charge in [0.1, 0.15) is 5.69 Å². The molecule has 0 saturated heterocycles. The third-order valence-electron chi connectivity index (χ3n) is 5.44. The van der Waals surface area contributed by atoms with Crippen molar-refractivity contribution < 1.29 is 18.0 Å². The van der Waals surface area contributed by atoms with Gasteiger partial charge in [-0.2, -0.15) is 13.2 Å². The van der Waals surface area contributed by atoms with Crippen molar-refractivity contribution in [3.63, 3.8) is 0 Å². The van der Waals surface area contributed by atoms with E-state index in [0.29, 0.717) is 34.3 Å². The number of halogens is 3. The van der Waals surface area contributed by atoms with Crippen molar-refractivity contribution in [2.75, 3.05) is 0 Å². The molecule has 2 aromatic heterocycles. The zero-order valence-electron chi connectivity index (χ0n) is 16.2. The smallest absolute Gasteiger partial charge is 0.329 e. The van der Waals surface area contributed by atoms with Crippen LogP contribution in [0, 0.1) is 0 Å². The first-order valence-corrected chi connectivity index (χ1v) is 9.69. The van der Waals surface area contributed by atoms with Crippen molar-refractivity contribution in [2.24, 2.45) is 0 Å². The highest BCUT2D eigenvalue weighted by Crippen LogP contribution is 2.40. The number of carbonyl (C=O) groups excluding carboxylic acids is 1. The molecule has 1 amide bonds. The number of hydrogen-bond donors (Lipinski definition) is 0. The van der Waals surface area contributed by atoms with E-state index in [-0.39, 0.29) is 12.5 Å². The summed E-state index contributed by atoms with van der Waals surface area (Å²) in [4.78, 5) is 23.2. The normalized spacial score (nSPS) is 13.6. The molecule has 31 heavy (non-hydrogen) atoms. The van der Waals surface area contributed by atoms with Crippen LogP contribution in [0.2, 0.25) is 0 Å². The van der Waals surface area contributed by atoms with Crippen molar-refractivity contribution in [1.29, 1.82) is 0 Å². The van der Waals surface area contributed by atoms with E-state index >= 15 is 0 Å². The quantitative estimate of drug-likeness (QED) is 0.442. The van der Waals surface area contributed by atoms with Crippen LogP contribution in [0.25, 0.3) is 22.0 Å². The molecule has 0 unspecified atom stereocenters. The Bertz CT molecular complexity index is 1290. The Hall–Kier alpha value is -3.74. The van der Waals surface area contributed by atoms with Crippen LogP contribution in [-0.4, -0.2) is 20.8 Å². The maximum atomic E-state index is 13.4. The number of aromatic nitrogens is 2. The lowest BCUT2D eigenvalue weighted by atomic mass is 9.94. The van der Waals surface area contributed by atoms with Gasteiger partial charge in [-0.3, -0.25) is 9.78 Å². The fourth-order valence-electron chi connectivity index (χ4n) is 3.99. The van der Waals surface area contributed by atoms with E-state index in [4.69, 9.17) is 0 Å². The average molecular weight is 419 g/mol. The van der Waals surface area contributed by atoms with Crippen LogP contribution in [0.3, 0.4) is 0 Å². The first kappa shape index (κ1) is 19.2. The van der Waals surface area contributed by atoms with Crippen LogP contribution >= 0.6 is 0 Å². The Morgan fingerprint density at radius 2 is 1.71 bits per heavy atom. The summed E-state index contributed by atoms with van der Waals surface area (Å²) < 4.78 is 40.2. The van der Waals surface area contributed by atoms with Crippen LogP contribution in [0.5, 0.6) is 0 Å². The Balaban J connectivity index is 1.70. The predicted octanol–water partition coefficient (Wildman–Crippen LogP) is 5.47. The number of alkyl halides is 3. The molecule has 2 aromatic carbocycles. The van der Waals surface area contributed by atoms with Gasteiger partial charge in [0, 0.05) is 36.4 Å². The number of pyridine rings is 2. The SMILES string of the molecule is O=C1c2nc3ccc(C(F)(F)F)cc3c(-c3ccccc3)c2CN1Cc1ccncc1. The van der Waals surface area contributed by atoms with Gasteiger partial charge in [0.25, 0.3) is 5.91 Å². The van der Waals surface area contributed by atoms with E-state index in [1.165, 1.54) is 6.07 Å². The highest BCUT2D eigenvalue weighted by atomic mass is 19.4. The summed E-state index contributed by atoms with van der Waals surface area (Å²) >= 11 is 0. The highest BCUT2D eigenvalue weighted by molar-refractivity contribution is 6.06. The van der Waals surface area contributed by atoms with Gasteiger partial charge >= 0.3 is 6.18 Å². The third-order valence-corrected chi connectivity index (χ3v) is 5.44. The van der Waals surface area contributed by atoms with Crippen LogP contribution < -0.4 is 0 Å². The molecule has 0 fully saturated rings. The second-order valence-corrected chi connectivity index (χ2v) is 7.43. The Kier molecular flexibility index (Phi) is 4.46. The van der Waals surface area contributed by atoms with Crippen LogP contribution in [0.4, 0.5) is 13.2 Å². The lowest BCUT2D eigenvalue weighted by Gasteiger charge is -2.16. The molecule has 0 spiro atoms. The number of benzene rings is 2. The lowest BCUT2D eigenvalue weighted by molar-refractivity contribution is -0.137. The Morgan fingerprint density at radius 1 is 0.968 bits per heavy atom. The summed E-state index contributed by atoms with van der Waals surface area (Å²) in [5.41, 5.74) is 2.86. The molecule has 154 valence electrons. The molecule has 0 bridgehead atoms. The molecule has 4 aromatic rings. The molecule has 0 radical (unpaired) electrons. The van der Waals surface area contributed by atoms with E-state index in [0.717, 1.165) is 23.3 Å². The Morgan fingerprint density at radius 3 is 2.42 bits per heavy atom. The molecule has 4 nitrogen and oxygen atoms in total. The average Bonchev–Trinajstić information content (AvgIpc) is 3.07. The minimum atomic E-state index is -4.47. The fourth-order valence-corrected chi connectivity index (χ4v) is 3.99. The fraction of sp³-hybridized carbons (Fsp3) is 0.125. The van der Waals surface area contributed by atoms with Crippen LogP contribution in [-0.2, 0) is 19.3 Å². The van der Waals surface area contributed by atoms with Gasteiger partial charge in [-0.25, -0.2) is 4.98 Å². The molecule has 0 aliphatic carbocycles. The Labute approximate surface area is 176 Å². The van der Waals surface area contributed by atoms with Gasteiger partial charge < -0.3 is 4.90 Å². The molecule has 1 aliphatic heterocycles. The van der Waals surface area contributed by atoms with Crippen molar-refractivity contribution in [1.82, 2.24) is 14.9 Å².